The Kier molecular flexibility index (Phi) is 4.02. The van der Waals surface area contributed by atoms with Crippen LogP contribution in [0.25, 0.3) is 0 Å². The second-order valence-corrected chi connectivity index (χ2v) is 3.96. The van der Waals surface area contributed by atoms with Crippen LogP contribution >= 0.6 is 0 Å². The third kappa shape index (κ3) is 2.96. The third-order valence-corrected chi connectivity index (χ3v) is 2.54. The predicted molar refractivity (Wildman–Crippen MR) is 62.4 cm³/mol. The van der Waals surface area contributed by atoms with Gasteiger partial charge in [0.1, 0.15) is 24.5 Å². The number of hydrogen-bond acceptors (Lipinski definition) is 2. The molecule has 0 heterocycles. The van der Waals surface area contributed by atoms with E-state index in [1.165, 1.54) is 0 Å². The Balaban J connectivity index is 2.21. The lowest BCUT2D eigenvalue weighted by Crippen LogP contribution is -2.03. The molecule has 0 fully saturated rings. The van der Waals surface area contributed by atoms with Crippen molar-refractivity contribution >= 4 is 6.29 Å². The minimum absolute atomic E-state index is 0.0512. The molecule has 0 atom stereocenters. The maximum Gasteiger partial charge on any atom is 0.191 e. The number of aldehydes is 1. The summed E-state index contributed by atoms with van der Waals surface area (Å²) in [6.07, 6.45) is 0.287. The van der Waals surface area contributed by atoms with E-state index in [9.17, 15) is 22.4 Å². The largest absolute Gasteiger partial charge is 0.483 e. The van der Waals surface area contributed by atoms with Crippen LogP contribution in [0.4, 0.5) is 17.6 Å². The van der Waals surface area contributed by atoms with Gasteiger partial charge >= 0.3 is 0 Å². The predicted octanol–water partition coefficient (Wildman–Crippen LogP) is 3.63. The maximum atomic E-state index is 13.5. The fourth-order valence-electron chi connectivity index (χ4n) is 1.57. The molecule has 0 aliphatic carbocycles. The highest BCUT2D eigenvalue weighted by Crippen LogP contribution is 2.24. The van der Waals surface area contributed by atoms with Gasteiger partial charge in [-0.25, -0.2) is 17.6 Å². The zero-order valence-corrected chi connectivity index (χ0v) is 10.00. The van der Waals surface area contributed by atoms with Gasteiger partial charge in [0.2, 0.25) is 0 Å². The molecule has 2 nitrogen and oxygen atoms in total. The highest BCUT2D eigenvalue weighted by molar-refractivity contribution is 5.75. The Morgan fingerprint density at radius 1 is 0.950 bits per heavy atom. The van der Waals surface area contributed by atoms with Crippen molar-refractivity contribution in [2.75, 3.05) is 0 Å². The maximum absolute atomic E-state index is 13.5. The number of ether oxygens (including phenoxy) is 1. The van der Waals surface area contributed by atoms with E-state index in [-0.39, 0.29) is 17.4 Å². The number of benzene rings is 2. The van der Waals surface area contributed by atoms with Crippen LogP contribution < -0.4 is 4.74 Å². The van der Waals surface area contributed by atoms with Gasteiger partial charge in [-0.2, -0.15) is 0 Å². The van der Waals surface area contributed by atoms with Crippen LogP contribution in [0.5, 0.6) is 5.75 Å². The topological polar surface area (TPSA) is 26.3 Å². The summed E-state index contributed by atoms with van der Waals surface area (Å²) in [6, 6.07) is 4.35. The zero-order chi connectivity index (χ0) is 14.7. The Morgan fingerprint density at radius 2 is 1.60 bits per heavy atom. The van der Waals surface area contributed by atoms with E-state index < -0.39 is 35.6 Å². The minimum atomic E-state index is -1.07. The molecule has 0 saturated heterocycles. The molecular formula is C14H8F4O2. The van der Waals surface area contributed by atoms with E-state index in [0.29, 0.717) is 6.07 Å². The van der Waals surface area contributed by atoms with Gasteiger partial charge in [0.15, 0.2) is 17.4 Å². The Morgan fingerprint density at radius 3 is 2.15 bits per heavy atom. The van der Waals surface area contributed by atoms with Crippen molar-refractivity contribution in [3.8, 4) is 5.75 Å². The zero-order valence-electron chi connectivity index (χ0n) is 10.00. The summed E-state index contributed by atoms with van der Waals surface area (Å²) < 4.78 is 57.8. The number of hydrogen-bond donors (Lipinski definition) is 0. The minimum Gasteiger partial charge on any atom is -0.483 e. The number of carbonyl (C=O) groups is 1. The van der Waals surface area contributed by atoms with Crippen molar-refractivity contribution in [3.05, 3.63) is 64.7 Å². The molecule has 104 valence electrons. The van der Waals surface area contributed by atoms with Crippen molar-refractivity contribution in [1.82, 2.24) is 0 Å². The SMILES string of the molecule is O=Cc1cc(F)c(OCc2ccc(F)cc2F)c(F)c1. The fraction of sp³-hybridized carbons (Fsp3) is 0.0714. The second-order valence-electron chi connectivity index (χ2n) is 3.96. The molecule has 0 aliphatic rings. The van der Waals surface area contributed by atoms with E-state index in [0.717, 1.165) is 24.3 Å². The summed E-state index contributed by atoms with van der Waals surface area (Å²) in [4.78, 5) is 10.4. The van der Waals surface area contributed by atoms with Gasteiger partial charge in [0.25, 0.3) is 0 Å². The average molecular weight is 284 g/mol. The van der Waals surface area contributed by atoms with Gasteiger partial charge < -0.3 is 4.74 Å². The Labute approximate surface area is 111 Å². The highest BCUT2D eigenvalue weighted by atomic mass is 19.1. The Hall–Kier alpha value is -2.37. The van der Waals surface area contributed by atoms with Gasteiger partial charge in [-0.05, 0) is 24.3 Å². The van der Waals surface area contributed by atoms with Crippen molar-refractivity contribution in [2.45, 2.75) is 6.61 Å². The Bertz CT molecular complexity index is 633. The quantitative estimate of drug-likeness (QED) is 0.633. The van der Waals surface area contributed by atoms with E-state index in [4.69, 9.17) is 4.74 Å². The molecule has 20 heavy (non-hydrogen) atoms. The van der Waals surface area contributed by atoms with E-state index in [1.807, 2.05) is 0 Å². The van der Waals surface area contributed by atoms with Crippen LogP contribution in [0.1, 0.15) is 15.9 Å². The summed E-state index contributed by atoms with van der Waals surface area (Å²) in [5.74, 6) is -4.52. The lowest BCUT2D eigenvalue weighted by Gasteiger charge is -2.09. The molecule has 2 aromatic carbocycles. The van der Waals surface area contributed by atoms with Crippen LogP contribution in [0.2, 0.25) is 0 Å². The molecule has 0 unspecified atom stereocenters. The molecule has 0 N–H and O–H groups in total. The number of carbonyl (C=O) groups excluding carboxylic acids is 1. The van der Waals surface area contributed by atoms with E-state index in [1.54, 1.807) is 0 Å². The first-order valence-corrected chi connectivity index (χ1v) is 5.52. The van der Waals surface area contributed by atoms with Gasteiger partial charge in [-0.15, -0.1) is 0 Å². The smallest absolute Gasteiger partial charge is 0.191 e. The summed E-state index contributed by atoms with van der Waals surface area (Å²) in [5, 5.41) is 0. The van der Waals surface area contributed by atoms with E-state index in [2.05, 4.69) is 0 Å². The molecule has 0 aromatic heterocycles. The van der Waals surface area contributed by atoms with Gasteiger partial charge in [-0.3, -0.25) is 4.79 Å². The first-order chi connectivity index (χ1) is 9.51. The van der Waals surface area contributed by atoms with Gasteiger partial charge in [-0.1, -0.05) is 0 Å². The lowest BCUT2D eigenvalue weighted by molar-refractivity contribution is 0.112. The van der Waals surface area contributed by atoms with Gasteiger partial charge in [0, 0.05) is 17.2 Å². The van der Waals surface area contributed by atoms with E-state index >= 15 is 0 Å². The highest BCUT2D eigenvalue weighted by Gasteiger charge is 2.14. The first kappa shape index (κ1) is 14.0. The van der Waals surface area contributed by atoms with Gasteiger partial charge in [0.05, 0.1) is 0 Å². The summed E-state index contributed by atoms with van der Waals surface area (Å²) in [7, 11) is 0. The average Bonchev–Trinajstić information content (AvgIpc) is 2.39. The molecule has 0 bridgehead atoms. The molecule has 0 saturated carbocycles. The van der Waals surface area contributed by atoms with Crippen molar-refractivity contribution in [2.24, 2.45) is 0 Å². The van der Waals surface area contributed by atoms with Crippen molar-refractivity contribution < 1.29 is 27.1 Å². The molecule has 0 spiro atoms. The monoisotopic (exact) mass is 284 g/mol. The molecule has 0 radical (unpaired) electrons. The second kappa shape index (κ2) is 5.73. The molecule has 2 rings (SSSR count). The summed E-state index contributed by atoms with van der Waals surface area (Å²) in [5.41, 5.74) is -0.232. The van der Waals surface area contributed by atoms with Crippen molar-refractivity contribution in [1.29, 1.82) is 0 Å². The number of halogens is 4. The normalized spacial score (nSPS) is 10.4. The molecular weight excluding hydrogens is 276 g/mol. The fourth-order valence-corrected chi connectivity index (χ4v) is 1.57. The molecule has 6 heteroatoms. The summed E-state index contributed by atoms with van der Waals surface area (Å²) >= 11 is 0. The van der Waals surface area contributed by atoms with Crippen LogP contribution in [-0.2, 0) is 6.61 Å². The third-order valence-electron chi connectivity index (χ3n) is 2.54. The lowest BCUT2D eigenvalue weighted by atomic mass is 10.2. The van der Waals surface area contributed by atoms with Crippen LogP contribution in [-0.4, -0.2) is 6.29 Å². The molecule has 0 aliphatic heterocycles. The molecule has 2 aromatic rings. The van der Waals surface area contributed by atoms with Crippen LogP contribution in [0, 0.1) is 23.3 Å². The van der Waals surface area contributed by atoms with Crippen molar-refractivity contribution in [3.63, 3.8) is 0 Å². The first-order valence-electron chi connectivity index (χ1n) is 5.52. The van der Waals surface area contributed by atoms with Crippen LogP contribution in [0.15, 0.2) is 30.3 Å². The molecule has 0 amide bonds. The number of rotatable bonds is 4. The summed E-state index contributed by atoms with van der Waals surface area (Å²) in [6.45, 7) is -0.472. The van der Waals surface area contributed by atoms with Crippen LogP contribution in [0.3, 0.4) is 0 Å². The standard InChI is InChI=1S/C14H8F4O2/c15-10-2-1-9(11(16)5-10)7-20-14-12(17)3-8(6-19)4-13(14)18/h1-6H,7H2.